The van der Waals surface area contributed by atoms with Crippen LogP contribution in [-0.4, -0.2) is 59.4 Å². The molecule has 0 aliphatic rings. The number of hydrogen-bond donors (Lipinski definition) is 3. The molecule has 3 N–H and O–H groups in total. The highest BCUT2D eigenvalue weighted by molar-refractivity contribution is 8.93. The van der Waals surface area contributed by atoms with Crippen LogP contribution in [0, 0.1) is 10.1 Å². The number of furan rings is 1. The lowest BCUT2D eigenvalue weighted by Crippen LogP contribution is -2.43. The molecule has 0 atom stereocenters. The number of carbonyl (C=O) groups excluding carboxylic acids is 1. The van der Waals surface area contributed by atoms with Crippen molar-refractivity contribution < 1.29 is 28.8 Å². The number of fused-ring (bicyclic) bond motifs is 2. The number of nitrogens with zero attached hydrogens (tertiary/aromatic N) is 3. The van der Waals surface area contributed by atoms with E-state index in [9.17, 15) is 25.1 Å². The van der Waals surface area contributed by atoms with Crippen LogP contribution in [0.1, 0.15) is 5.76 Å². The minimum absolute atomic E-state index is 0. The molecule has 0 spiro atoms. The van der Waals surface area contributed by atoms with Gasteiger partial charge in [-0.3, -0.25) is 14.9 Å². The summed E-state index contributed by atoms with van der Waals surface area (Å²) in [6.45, 7) is 0.127. The number of aromatic hydroxyl groups is 2. The molecule has 5 aromatic rings. The second-order valence-electron chi connectivity index (χ2n) is 10.4. The molecule has 0 aliphatic heterocycles. The zero-order chi connectivity index (χ0) is 28.6. The Hall–Kier alpha value is -4.74. The summed E-state index contributed by atoms with van der Waals surface area (Å²) in [5, 5.41) is 41.3. The number of quaternary nitrogens is 1. The van der Waals surface area contributed by atoms with Crippen LogP contribution in [0.5, 0.6) is 11.5 Å². The lowest BCUT2D eigenvalue weighted by atomic mass is 9.92. The van der Waals surface area contributed by atoms with E-state index in [1.807, 2.05) is 45.4 Å². The van der Waals surface area contributed by atoms with Gasteiger partial charge < -0.3 is 19.1 Å². The number of rotatable bonds is 7. The lowest BCUT2D eigenvalue weighted by molar-refractivity contribution is -0.862. The number of likely N-dealkylation sites (N-methyl/N-ethyl adjacent to an activating group) is 1. The summed E-state index contributed by atoms with van der Waals surface area (Å²) in [6.07, 6.45) is 1.06. The molecule has 0 saturated heterocycles. The number of benzene rings is 4. The van der Waals surface area contributed by atoms with Gasteiger partial charge in [0.15, 0.2) is 12.3 Å². The maximum atomic E-state index is 12.6. The van der Waals surface area contributed by atoms with Crippen LogP contribution < -0.4 is 5.43 Å². The van der Waals surface area contributed by atoms with Crippen LogP contribution in [0.2, 0.25) is 0 Å². The fourth-order valence-electron chi connectivity index (χ4n) is 4.77. The van der Waals surface area contributed by atoms with E-state index in [1.165, 1.54) is 12.1 Å². The van der Waals surface area contributed by atoms with E-state index in [0.29, 0.717) is 15.3 Å². The molecule has 0 radical (unpaired) electrons. The highest BCUT2D eigenvalue weighted by Gasteiger charge is 2.35. The summed E-state index contributed by atoms with van der Waals surface area (Å²) in [4.78, 5) is 24.3. The van der Waals surface area contributed by atoms with Crippen LogP contribution in [0.15, 0.2) is 82.3 Å². The minimum atomic E-state index is -0.624. The Kier molecular flexibility index (Phi) is 8.13. The highest BCUT2D eigenvalue weighted by atomic mass is 79.9. The first-order valence-electron chi connectivity index (χ1n) is 12.4. The summed E-state index contributed by atoms with van der Waals surface area (Å²) in [5.74, 6) is -1.05. The van der Waals surface area contributed by atoms with Crippen LogP contribution in [-0.2, 0) is 4.79 Å². The number of hydrazone groups is 1. The molecule has 0 bridgehead atoms. The van der Waals surface area contributed by atoms with E-state index in [4.69, 9.17) is 4.42 Å². The van der Waals surface area contributed by atoms with E-state index in [2.05, 4.69) is 10.5 Å². The number of phenols is 2. The van der Waals surface area contributed by atoms with Crippen molar-refractivity contribution in [3.8, 4) is 33.9 Å². The molecule has 1 heterocycles. The molecule has 1 aromatic heterocycles. The molecule has 4 aromatic carbocycles. The van der Waals surface area contributed by atoms with Crippen molar-refractivity contribution in [3.63, 3.8) is 0 Å². The predicted molar refractivity (Wildman–Crippen MR) is 164 cm³/mol. The zero-order valence-electron chi connectivity index (χ0n) is 22.5. The smallest absolute Gasteiger partial charge is 0.324 e. The second kappa shape index (κ2) is 11.4. The van der Waals surface area contributed by atoms with E-state index >= 15 is 0 Å². The topological polar surface area (TPSA) is 138 Å². The zero-order valence-corrected chi connectivity index (χ0v) is 24.2. The van der Waals surface area contributed by atoms with Gasteiger partial charge in [-0.1, -0.05) is 60.7 Å². The number of nitro groups is 1. The molecule has 0 unspecified atom stereocenters. The summed E-state index contributed by atoms with van der Waals surface area (Å²) in [5.41, 5.74) is 2.27. The molecule has 11 heteroatoms. The summed E-state index contributed by atoms with van der Waals surface area (Å²) in [6, 6.07) is 20.8. The third kappa shape index (κ3) is 5.76. The van der Waals surface area contributed by atoms with Crippen molar-refractivity contribution in [1.29, 1.82) is 0 Å². The van der Waals surface area contributed by atoms with Gasteiger partial charge in [-0.2, -0.15) is 5.10 Å². The first kappa shape index (κ1) is 29.2. The van der Waals surface area contributed by atoms with Crippen molar-refractivity contribution in [2.45, 2.75) is 0 Å². The van der Waals surface area contributed by atoms with Crippen molar-refractivity contribution in [2.24, 2.45) is 5.10 Å². The molecule has 41 heavy (non-hydrogen) atoms. The van der Waals surface area contributed by atoms with Crippen LogP contribution >= 0.6 is 17.0 Å². The third-order valence-electron chi connectivity index (χ3n) is 6.37. The first-order valence-corrected chi connectivity index (χ1v) is 12.4. The average molecular weight is 620 g/mol. The molecule has 0 aliphatic carbocycles. The monoisotopic (exact) mass is 619 g/mol. The number of amides is 1. The van der Waals surface area contributed by atoms with E-state index in [-0.39, 0.29) is 63.2 Å². The van der Waals surface area contributed by atoms with Crippen LogP contribution in [0.4, 0.5) is 5.69 Å². The van der Waals surface area contributed by atoms with Crippen LogP contribution in [0.3, 0.4) is 0 Å². The van der Waals surface area contributed by atoms with E-state index in [1.54, 1.807) is 36.4 Å². The number of nitrogens with one attached hydrogen (secondary N) is 1. The fraction of sp³-hybridized carbons (Fsp3) is 0.133. The first-order chi connectivity index (χ1) is 19.0. The molecule has 210 valence electrons. The van der Waals surface area contributed by atoms with Crippen molar-refractivity contribution in [3.05, 3.63) is 88.7 Å². The van der Waals surface area contributed by atoms with Gasteiger partial charge >= 0.3 is 5.69 Å². The second-order valence-corrected chi connectivity index (χ2v) is 10.4. The van der Waals surface area contributed by atoms with Crippen LogP contribution in [0.25, 0.3) is 44.0 Å². The third-order valence-corrected chi connectivity index (χ3v) is 6.37. The summed E-state index contributed by atoms with van der Waals surface area (Å²) in [7, 11) is 5.52. The van der Waals surface area contributed by atoms with Crippen molar-refractivity contribution in [2.75, 3.05) is 27.7 Å². The molecule has 1 amide bonds. The Morgan fingerprint density at radius 2 is 1.44 bits per heavy atom. The number of carbonyl (C=O) groups is 1. The van der Waals surface area contributed by atoms with Gasteiger partial charge in [0.1, 0.15) is 17.1 Å². The lowest BCUT2D eigenvalue weighted by Gasteiger charge is -2.21. The number of halogens is 1. The van der Waals surface area contributed by atoms with Gasteiger partial charge in [-0.15, -0.1) is 17.0 Å². The minimum Gasteiger partial charge on any atom is -0.507 e. The normalized spacial score (nSPS) is 11.6. The Balaban J connectivity index is 0.00000387. The molecule has 0 saturated carbocycles. The maximum absolute atomic E-state index is 12.6. The fourth-order valence-corrected chi connectivity index (χ4v) is 4.77. The quantitative estimate of drug-likeness (QED) is 0.0887. The standard InChI is InChI=1S/C30H26N4O6.BrH/c1-34(2,3)17-25(37)32-31-16-24-29(33(38)39)28(26-20-10-6-4-8-18(20)12-14-22(26)35)30(40-24)27-21-11-7-5-9-19(21)13-15-23(27)36;/h4-16H,17H2,1-3H3,(H2-,31,32,35,36,37);1H/p+1. The van der Waals surface area contributed by atoms with E-state index < -0.39 is 16.5 Å². The van der Waals surface area contributed by atoms with Gasteiger partial charge in [-0.05, 0) is 33.7 Å². The van der Waals surface area contributed by atoms with Gasteiger partial charge in [-0.25, -0.2) is 5.43 Å². The Bertz CT molecular complexity index is 1820. The Morgan fingerprint density at radius 3 is 2.00 bits per heavy atom. The highest BCUT2D eigenvalue weighted by Crippen LogP contribution is 2.51. The van der Waals surface area contributed by atoms with Gasteiger partial charge in [0.05, 0.1) is 37.8 Å². The Labute approximate surface area is 245 Å². The summed E-state index contributed by atoms with van der Waals surface area (Å²) < 4.78 is 6.46. The molecule has 10 nitrogen and oxygen atoms in total. The van der Waals surface area contributed by atoms with E-state index in [0.717, 1.165) is 17.0 Å². The molecule has 5 rings (SSSR count). The Morgan fingerprint density at radius 1 is 0.902 bits per heavy atom. The molecular weight excluding hydrogens is 592 g/mol. The van der Waals surface area contributed by atoms with Gasteiger partial charge in [0, 0.05) is 5.56 Å². The molecular formula is C30H28BrN4O6+. The van der Waals surface area contributed by atoms with Crippen molar-refractivity contribution >= 4 is 56.3 Å². The summed E-state index contributed by atoms with van der Waals surface area (Å²) >= 11 is 0. The number of phenolic OH excluding ortho intramolecular Hbond substituents is 2. The maximum Gasteiger partial charge on any atom is 0.324 e. The average Bonchev–Trinajstić information content (AvgIpc) is 3.26. The largest absolute Gasteiger partial charge is 0.507 e. The van der Waals surface area contributed by atoms with Crippen molar-refractivity contribution in [1.82, 2.24) is 5.43 Å². The predicted octanol–water partition coefficient (Wildman–Crippen LogP) is 5.97. The molecule has 0 fully saturated rings. The SMILES string of the molecule is Br.C[N+](C)(C)CC(=O)N/N=C/c1oc(-c2c(O)ccc3ccccc23)c(-c2c(O)ccc3ccccc23)c1[N+](=O)[O-]. The van der Waals surface area contributed by atoms with Gasteiger partial charge in [0.2, 0.25) is 5.76 Å². The number of hydrogen-bond acceptors (Lipinski definition) is 7. The van der Waals surface area contributed by atoms with Gasteiger partial charge in [0.25, 0.3) is 5.91 Å².